The number of amides is 2. The molecule has 1 saturated heterocycles. The summed E-state index contributed by atoms with van der Waals surface area (Å²) >= 11 is 1.58. The van der Waals surface area contributed by atoms with Gasteiger partial charge in [-0.2, -0.15) is 16.8 Å². The number of carbonyl (C=O) groups is 3. The third-order valence-corrected chi connectivity index (χ3v) is 5.99. The van der Waals surface area contributed by atoms with Crippen molar-refractivity contribution in [3.05, 3.63) is 0 Å². The second-order valence-corrected chi connectivity index (χ2v) is 6.84. The van der Waals surface area contributed by atoms with Crippen molar-refractivity contribution in [2.24, 2.45) is 23.7 Å². The van der Waals surface area contributed by atoms with E-state index in [4.69, 9.17) is 5.11 Å². The lowest BCUT2D eigenvalue weighted by molar-refractivity contribution is -0.174. The van der Waals surface area contributed by atoms with Gasteiger partial charge in [0, 0.05) is 11.0 Å². The van der Waals surface area contributed by atoms with E-state index in [9.17, 15) is 19.6 Å². The lowest BCUT2D eigenvalue weighted by Gasteiger charge is -2.27. The summed E-state index contributed by atoms with van der Waals surface area (Å²) in [7, 11) is 0. The number of carboxylic acids is 1. The van der Waals surface area contributed by atoms with Gasteiger partial charge in [0.15, 0.2) is 0 Å². The Balaban J connectivity index is 1.67. The number of nitrogens with zero attached hydrogens (tertiary/aromatic N) is 1. The molecule has 0 aromatic rings. The van der Waals surface area contributed by atoms with Gasteiger partial charge in [0.1, 0.15) is 0 Å². The first-order valence-electron chi connectivity index (χ1n) is 6.40. The molecule has 2 N–H and O–H groups in total. The van der Waals surface area contributed by atoms with Crippen LogP contribution in [0.15, 0.2) is 0 Å². The number of hydrogen-bond donors (Lipinski definition) is 2. The Morgan fingerprint density at radius 3 is 2.63 bits per heavy atom. The average molecular weight is 285 g/mol. The maximum absolute atomic E-state index is 11.9. The molecule has 3 aliphatic rings. The summed E-state index contributed by atoms with van der Waals surface area (Å²) in [6.45, 7) is 0. The van der Waals surface area contributed by atoms with Crippen molar-refractivity contribution in [3.63, 3.8) is 0 Å². The number of imide groups is 1. The van der Waals surface area contributed by atoms with Crippen molar-refractivity contribution in [1.82, 2.24) is 5.06 Å². The molecule has 2 saturated carbocycles. The molecule has 2 amide bonds. The van der Waals surface area contributed by atoms with Crippen LogP contribution in [0.4, 0.5) is 0 Å². The monoisotopic (exact) mass is 285 g/mol. The average Bonchev–Trinajstić information content (AvgIpc) is 2.98. The predicted molar refractivity (Wildman–Crippen MR) is 65.3 cm³/mol. The standard InChI is InChI=1S/C12H15NO5S/c14-8(15)1-2-19-7-4-5-3-6(7)10-9(5)11(16)13(18)12(10)17/h5-7,9-10,18H,1-4H2,(H,14,15). The summed E-state index contributed by atoms with van der Waals surface area (Å²) in [5.74, 6) is -1.62. The number of carboxylic acid groups (broad SMARTS) is 1. The van der Waals surface area contributed by atoms with Crippen molar-refractivity contribution in [3.8, 4) is 0 Å². The Morgan fingerprint density at radius 1 is 1.26 bits per heavy atom. The highest BCUT2D eigenvalue weighted by molar-refractivity contribution is 7.99. The maximum Gasteiger partial charge on any atom is 0.304 e. The lowest BCUT2D eigenvalue weighted by Crippen LogP contribution is -2.32. The Bertz CT molecular complexity index is 453. The van der Waals surface area contributed by atoms with Crippen molar-refractivity contribution < 1.29 is 24.7 Å². The van der Waals surface area contributed by atoms with E-state index in [0.29, 0.717) is 10.8 Å². The lowest BCUT2D eigenvalue weighted by atomic mass is 9.81. The highest BCUT2D eigenvalue weighted by atomic mass is 32.2. The number of rotatable bonds is 4. The Kier molecular flexibility index (Phi) is 3.05. The summed E-state index contributed by atoms with van der Waals surface area (Å²) in [5, 5.41) is 18.6. The van der Waals surface area contributed by atoms with E-state index in [1.165, 1.54) is 0 Å². The summed E-state index contributed by atoms with van der Waals surface area (Å²) < 4.78 is 0. The molecular weight excluding hydrogens is 270 g/mol. The zero-order chi connectivity index (χ0) is 13.7. The molecule has 2 bridgehead atoms. The Labute approximate surface area is 114 Å². The van der Waals surface area contributed by atoms with Gasteiger partial charge in [0.05, 0.1) is 18.3 Å². The number of hydrogen-bond acceptors (Lipinski definition) is 5. The van der Waals surface area contributed by atoms with E-state index in [2.05, 4.69) is 0 Å². The highest BCUT2D eigenvalue weighted by Crippen LogP contribution is 2.58. The first-order valence-corrected chi connectivity index (χ1v) is 7.45. The fraction of sp³-hybridized carbons (Fsp3) is 0.750. The minimum absolute atomic E-state index is 0.113. The molecule has 6 nitrogen and oxygen atoms in total. The van der Waals surface area contributed by atoms with Gasteiger partial charge in [-0.15, -0.1) is 0 Å². The molecule has 5 unspecified atom stereocenters. The third kappa shape index (κ3) is 1.87. The van der Waals surface area contributed by atoms with Crippen molar-refractivity contribution >= 4 is 29.5 Å². The van der Waals surface area contributed by atoms with E-state index in [1.807, 2.05) is 0 Å². The van der Waals surface area contributed by atoms with Gasteiger partial charge in [0.25, 0.3) is 11.8 Å². The van der Waals surface area contributed by atoms with Crippen molar-refractivity contribution in [2.75, 3.05) is 5.75 Å². The van der Waals surface area contributed by atoms with E-state index in [-0.39, 0.29) is 35.3 Å². The first-order chi connectivity index (χ1) is 9.00. The number of hydroxylamine groups is 2. The number of aliphatic carboxylic acids is 1. The zero-order valence-corrected chi connectivity index (χ0v) is 11.0. The normalized spacial score (nSPS) is 40.1. The van der Waals surface area contributed by atoms with Crippen LogP contribution in [0, 0.1) is 23.7 Å². The molecule has 104 valence electrons. The molecule has 1 heterocycles. The van der Waals surface area contributed by atoms with Crippen LogP contribution in [0.3, 0.4) is 0 Å². The SMILES string of the molecule is O=C(O)CCSC1CC2CC1C1C(=O)N(O)C(=O)C21. The fourth-order valence-corrected chi connectivity index (χ4v) is 5.38. The molecule has 0 spiro atoms. The van der Waals surface area contributed by atoms with Crippen LogP contribution >= 0.6 is 11.8 Å². The summed E-state index contributed by atoms with van der Waals surface area (Å²) in [4.78, 5) is 34.1. The number of thioether (sulfide) groups is 1. The second kappa shape index (κ2) is 4.49. The topological polar surface area (TPSA) is 94.9 Å². The van der Waals surface area contributed by atoms with Crippen LogP contribution in [0.25, 0.3) is 0 Å². The van der Waals surface area contributed by atoms with E-state index in [1.54, 1.807) is 11.8 Å². The zero-order valence-electron chi connectivity index (χ0n) is 10.2. The minimum Gasteiger partial charge on any atom is -0.481 e. The van der Waals surface area contributed by atoms with Crippen LogP contribution in [0.2, 0.25) is 0 Å². The smallest absolute Gasteiger partial charge is 0.304 e. The van der Waals surface area contributed by atoms with Crippen LogP contribution in [0.1, 0.15) is 19.3 Å². The van der Waals surface area contributed by atoms with Gasteiger partial charge in [0.2, 0.25) is 0 Å². The summed E-state index contributed by atoms with van der Waals surface area (Å²) in [6, 6.07) is 0. The summed E-state index contributed by atoms with van der Waals surface area (Å²) in [6.07, 6.45) is 1.82. The molecule has 0 aromatic heterocycles. The molecular formula is C12H15NO5S. The van der Waals surface area contributed by atoms with E-state index in [0.717, 1.165) is 12.8 Å². The largest absolute Gasteiger partial charge is 0.481 e. The minimum atomic E-state index is -0.817. The van der Waals surface area contributed by atoms with Gasteiger partial charge in [-0.3, -0.25) is 19.6 Å². The molecule has 1 aliphatic heterocycles. The van der Waals surface area contributed by atoms with Gasteiger partial charge in [-0.25, -0.2) is 0 Å². The Hall–Kier alpha value is -1.08. The first kappa shape index (κ1) is 12.9. The molecule has 0 radical (unpaired) electrons. The van der Waals surface area contributed by atoms with E-state index < -0.39 is 17.8 Å². The molecule has 0 aromatic carbocycles. The maximum atomic E-state index is 11.9. The predicted octanol–water partition coefficient (Wildman–Crippen LogP) is 0.593. The third-order valence-electron chi connectivity index (χ3n) is 4.58. The van der Waals surface area contributed by atoms with E-state index >= 15 is 0 Å². The van der Waals surface area contributed by atoms with Crippen LogP contribution in [-0.2, 0) is 14.4 Å². The van der Waals surface area contributed by atoms with Gasteiger partial charge in [-0.05, 0) is 24.7 Å². The van der Waals surface area contributed by atoms with Gasteiger partial charge < -0.3 is 5.11 Å². The molecule has 2 aliphatic carbocycles. The Morgan fingerprint density at radius 2 is 1.95 bits per heavy atom. The summed E-state index contributed by atoms with van der Waals surface area (Å²) in [5.41, 5.74) is 0. The van der Waals surface area contributed by atoms with Crippen molar-refractivity contribution in [1.29, 1.82) is 0 Å². The second-order valence-electron chi connectivity index (χ2n) is 5.49. The number of carbonyl (C=O) groups excluding carboxylic acids is 2. The fourth-order valence-electron chi connectivity index (χ4n) is 3.87. The highest BCUT2D eigenvalue weighted by Gasteiger charge is 2.63. The number of fused-ring (bicyclic) bond motifs is 5. The van der Waals surface area contributed by atoms with Gasteiger partial charge in [-0.1, -0.05) is 0 Å². The van der Waals surface area contributed by atoms with Crippen LogP contribution in [-0.4, -0.2) is 44.2 Å². The quantitative estimate of drug-likeness (QED) is 0.580. The van der Waals surface area contributed by atoms with Crippen LogP contribution in [0.5, 0.6) is 0 Å². The molecule has 5 atom stereocenters. The van der Waals surface area contributed by atoms with Crippen molar-refractivity contribution in [2.45, 2.75) is 24.5 Å². The molecule has 7 heteroatoms. The molecule has 3 rings (SSSR count). The molecule has 19 heavy (non-hydrogen) atoms. The van der Waals surface area contributed by atoms with Crippen LogP contribution < -0.4 is 0 Å². The van der Waals surface area contributed by atoms with Gasteiger partial charge >= 0.3 is 5.97 Å². The molecule has 3 fully saturated rings.